The highest BCUT2D eigenvalue weighted by Gasteiger charge is 2.19. The maximum absolute atomic E-state index is 11.3. The molecule has 0 saturated carbocycles. The molecule has 0 fully saturated rings. The third kappa shape index (κ3) is 2.35. The zero-order valence-corrected chi connectivity index (χ0v) is 10.1. The van der Waals surface area contributed by atoms with Crippen molar-refractivity contribution in [2.45, 2.75) is 24.8 Å². The molecule has 0 spiro atoms. The Balaban J connectivity index is 3.64. The van der Waals surface area contributed by atoms with Crippen LogP contribution >= 0.6 is 10.7 Å². The molecule has 0 aliphatic carbocycles. The van der Waals surface area contributed by atoms with E-state index in [9.17, 15) is 13.5 Å². The summed E-state index contributed by atoms with van der Waals surface area (Å²) in [6.07, 6.45) is 0.457. The van der Waals surface area contributed by atoms with Crippen LogP contribution < -0.4 is 0 Å². The molecule has 0 unspecified atom stereocenters. The van der Waals surface area contributed by atoms with Crippen molar-refractivity contribution in [2.75, 3.05) is 0 Å². The van der Waals surface area contributed by atoms with Crippen molar-refractivity contribution in [3.05, 3.63) is 28.8 Å². The second-order valence-electron chi connectivity index (χ2n) is 3.13. The van der Waals surface area contributed by atoms with Crippen molar-refractivity contribution in [3.8, 4) is 6.07 Å². The minimum atomic E-state index is -3.90. The molecule has 4 nitrogen and oxygen atoms in total. The Morgan fingerprint density at radius 3 is 2.44 bits per heavy atom. The standard InChI is InChI=1S/C10H10ClNO3S/c1-2-8-7(5-12)3-4-10(9(8)6-13)16(11,14)15/h3-4,13H,2,6H2,1H3. The number of benzene rings is 1. The Bertz CT molecular complexity index is 546. The molecule has 6 heteroatoms. The lowest BCUT2D eigenvalue weighted by atomic mass is 10.00. The van der Waals surface area contributed by atoms with Crippen LogP contribution in [0.3, 0.4) is 0 Å². The van der Waals surface area contributed by atoms with Gasteiger partial charge in [-0.15, -0.1) is 0 Å². The van der Waals surface area contributed by atoms with Gasteiger partial charge in [-0.25, -0.2) is 8.42 Å². The van der Waals surface area contributed by atoms with Gasteiger partial charge < -0.3 is 5.11 Å². The van der Waals surface area contributed by atoms with Crippen LogP contribution in [0.15, 0.2) is 17.0 Å². The van der Waals surface area contributed by atoms with Crippen LogP contribution in [0.5, 0.6) is 0 Å². The van der Waals surface area contributed by atoms with Crippen molar-refractivity contribution in [1.29, 1.82) is 5.26 Å². The predicted octanol–water partition coefficient (Wildman–Crippen LogP) is 1.54. The summed E-state index contributed by atoms with van der Waals surface area (Å²) >= 11 is 0. The average molecular weight is 260 g/mol. The number of nitrogens with zero attached hydrogens (tertiary/aromatic N) is 1. The summed E-state index contributed by atoms with van der Waals surface area (Å²) < 4.78 is 22.5. The summed E-state index contributed by atoms with van der Waals surface area (Å²) in [7, 11) is 1.34. The quantitative estimate of drug-likeness (QED) is 0.835. The maximum atomic E-state index is 11.3. The lowest BCUT2D eigenvalue weighted by Crippen LogP contribution is -2.04. The maximum Gasteiger partial charge on any atom is 0.261 e. The molecule has 16 heavy (non-hydrogen) atoms. The van der Waals surface area contributed by atoms with Gasteiger partial charge in [0.2, 0.25) is 0 Å². The van der Waals surface area contributed by atoms with Gasteiger partial charge in [-0.1, -0.05) is 6.92 Å². The highest BCUT2D eigenvalue weighted by atomic mass is 35.7. The normalized spacial score (nSPS) is 11.1. The van der Waals surface area contributed by atoms with Crippen LogP contribution in [0, 0.1) is 11.3 Å². The largest absolute Gasteiger partial charge is 0.392 e. The first kappa shape index (κ1) is 13.0. The van der Waals surface area contributed by atoms with Crippen LogP contribution in [0.1, 0.15) is 23.6 Å². The molecule has 86 valence electrons. The third-order valence-corrected chi connectivity index (χ3v) is 3.69. The lowest BCUT2D eigenvalue weighted by molar-refractivity contribution is 0.277. The van der Waals surface area contributed by atoms with Gasteiger partial charge in [0.25, 0.3) is 9.05 Å². The number of aliphatic hydroxyl groups is 1. The van der Waals surface area contributed by atoms with Gasteiger partial charge in [-0.3, -0.25) is 0 Å². The van der Waals surface area contributed by atoms with E-state index in [2.05, 4.69) is 0 Å². The molecule has 0 atom stereocenters. The zero-order valence-electron chi connectivity index (χ0n) is 8.57. The molecule has 0 radical (unpaired) electrons. The molecule has 0 aliphatic heterocycles. The molecular formula is C10H10ClNO3S. The second-order valence-corrected chi connectivity index (χ2v) is 5.66. The topological polar surface area (TPSA) is 78.2 Å². The highest BCUT2D eigenvalue weighted by Crippen LogP contribution is 2.26. The van der Waals surface area contributed by atoms with Crippen molar-refractivity contribution in [3.63, 3.8) is 0 Å². The fourth-order valence-corrected chi connectivity index (χ4v) is 2.73. The SMILES string of the molecule is CCc1c(C#N)ccc(S(=O)(=O)Cl)c1CO. The van der Waals surface area contributed by atoms with Gasteiger partial charge in [-0.2, -0.15) is 5.26 Å². The molecule has 1 aromatic rings. The Morgan fingerprint density at radius 1 is 1.44 bits per heavy atom. The number of hydrogen-bond acceptors (Lipinski definition) is 4. The number of aliphatic hydroxyl groups excluding tert-OH is 1. The Kier molecular flexibility index (Phi) is 3.92. The number of halogens is 1. The van der Waals surface area contributed by atoms with E-state index in [1.807, 2.05) is 6.07 Å². The minimum absolute atomic E-state index is 0.132. The van der Waals surface area contributed by atoms with E-state index in [0.29, 0.717) is 17.5 Å². The number of nitriles is 1. The molecule has 0 aromatic heterocycles. The van der Waals surface area contributed by atoms with Crippen LogP contribution in [-0.4, -0.2) is 13.5 Å². The van der Waals surface area contributed by atoms with Crippen molar-refractivity contribution >= 4 is 19.7 Å². The van der Waals surface area contributed by atoms with Crippen LogP contribution in [0.4, 0.5) is 0 Å². The van der Waals surface area contributed by atoms with Crippen molar-refractivity contribution in [2.24, 2.45) is 0 Å². The van der Waals surface area contributed by atoms with Crippen molar-refractivity contribution in [1.82, 2.24) is 0 Å². The highest BCUT2D eigenvalue weighted by molar-refractivity contribution is 8.13. The van der Waals surface area contributed by atoms with E-state index in [0.717, 1.165) is 0 Å². The molecule has 0 bridgehead atoms. The van der Waals surface area contributed by atoms with Crippen LogP contribution in [-0.2, 0) is 22.1 Å². The predicted molar refractivity (Wildman–Crippen MR) is 59.5 cm³/mol. The Morgan fingerprint density at radius 2 is 2.06 bits per heavy atom. The summed E-state index contributed by atoms with van der Waals surface area (Å²) in [5.74, 6) is 0. The smallest absolute Gasteiger partial charge is 0.261 e. The Labute approximate surface area is 98.5 Å². The van der Waals surface area contributed by atoms with Gasteiger partial charge in [0, 0.05) is 16.2 Å². The summed E-state index contributed by atoms with van der Waals surface area (Å²) in [4.78, 5) is -0.132. The zero-order chi connectivity index (χ0) is 12.3. The van der Waals surface area contributed by atoms with E-state index in [1.165, 1.54) is 12.1 Å². The lowest BCUT2D eigenvalue weighted by Gasteiger charge is -2.11. The molecular weight excluding hydrogens is 250 g/mol. The van der Waals surface area contributed by atoms with E-state index in [-0.39, 0.29) is 10.5 Å². The number of hydrogen-bond donors (Lipinski definition) is 1. The third-order valence-electron chi connectivity index (χ3n) is 2.28. The molecule has 0 heterocycles. The number of rotatable bonds is 3. The van der Waals surface area contributed by atoms with Gasteiger partial charge in [0.1, 0.15) is 0 Å². The fraction of sp³-hybridized carbons (Fsp3) is 0.300. The fourth-order valence-electron chi connectivity index (χ4n) is 1.58. The molecule has 1 aromatic carbocycles. The molecule has 1 rings (SSSR count). The molecule has 1 N–H and O–H groups in total. The van der Waals surface area contributed by atoms with Gasteiger partial charge in [0.15, 0.2) is 0 Å². The van der Waals surface area contributed by atoms with Crippen molar-refractivity contribution < 1.29 is 13.5 Å². The van der Waals surface area contributed by atoms with Crippen LogP contribution in [0.2, 0.25) is 0 Å². The molecule has 0 amide bonds. The molecule has 0 saturated heterocycles. The average Bonchev–Trinajstić information content (AvgIpc) is 2.25. The van der Waals surface area contributed by atoms with Gasteiger partial charge >= 0.3 is 0 Å². The monoisotopic (exact) mass is 259 g/mol. The van der Waals surface area contributed by atoms with E-state index < -0.39 is 15.7 Å². The van der Waals surface area contributed by atoms with E-state index >= 15 is 0 Å². The minimum Gasteiger partial charge on any atom is -0.392 e. The van der Waals surface area contributed by atoms with Crippen LogP contribution in [0.25, 0.3) is 0 Å². The summed E-state index contributed by atoms with van der Waals surface area (Å²) in [6, 6.07) is 4.59. The molecule has 0 aliphatic rings. The van der Waals surface area contributed by atoms with E-state index in [4.69, 9.17) is 15.9 Å². The van der Waals surface area contributed by atoms with Gasteiger partial charge in [-0.05, 0) is 24.1 Å². The summed E-state index contributed by atoms with van der Waals surface area (Å²) in [6.45, 7) is 1.32. The van der Waals surface area contributed by atoms with E-state index in [1.54, 1.807) is 6.92 Å². The first-order chi connectivity index (χ1) is 7.45. The van der Waals surface area contributed by atoms with Gasteiger partial charge in [0.05, 0.1) is 23.1 Å². The second kappa shape index (κ2) is 4.83. The summed E-state index contributed by atoms with van der Waals surface area (Å²) in [5.41, 5.74) is 1.08. The Hall–Kier alpha value is -1.09. The summed E-state index contributed by atoms with van der Waals surface area (Å²) in [5, 5.41) is 18.0. The first-order valence-electron chi connectivity index (χ1n) is 4.56. The first-order valence-corrected chi connectivity index (χ1v) is 6.87.